The highest BCUT2D eigenvalue weighted by molar-refractivity contribution is 4.74. The molecule has 1 atom stereocenters. The Balaban J connectivity index is 4.28. The topological polar surface area (TPSA) is 7.68 Å². The van der Waals surface area contributed by atoms with E-state index in [1.54, 1.807) is 4.90 Å². The van der Waals surface area contributed by atoms with Crippen molar-refractivity contribution in [3.8, 4) is 0 Å². The van der Waals surface area contributed by atoms with Crippen LogP contribution in [0.2, 0.25) is 0 Å². The maximum Gasteiger partial charge on any atom is 0.0837 e. The van der Waals surface area contributed by atoms with Crippen molar-refractivity contribution in [1.82, 2.24) is 4.90 Å². The lowest BCUT2D eigenvalue weighted by Crippen LogP contribution is -3.12. The van der Waals surface area contributed by atoms with E-state index in [9.17, 15) is 0 Å². The van der Waals surface area contributed by atoms with E-state index in [1.165, 1.54) is 32.6 Å². The highest BCUT2D eigenvalue weighted by Crippen LogP contribution is 2.19. The van der Waals surface area contributed by atoms with Crippen LogP contribution in [0.5, 0.6) is 0 Å². The zero-order valence-corrected chi connectivity index (χ0v) is 11.7. The molecule has 0 bridgehead atoms. The summed E-state index contributed by atoms with van der Waals surface area (Å²) in [5.74, 6) is 0. The van der Waals surface area contributed by atoms with Crippen LogP contribution < -0.4 is 4.90 Å². The Labute approximate surface area is 96.6 Å². The average Bonchev–Trinajstić information content (AvgIpc) is 2.25. The fourth-order valence-electron chi connectivity index (χ4n) is 2.16. The van der Waals surface area contributed by atoms with Gasteiger partial charge in [0.1, 0.15) is 0 Å². The molecule has 0 aliphatic carbocycles. The van der Waals surface area contributed by atoms with Crippen LogP contribution in [-0.2, 0) is 0 Å². The Morgan fingerprint density at radius 1 is 1.07 bits per heavy atom. The van der Waals surface area contributed by atoms with Gasteiger partial charge in [-0.3, -0.25) is 0 Å². The van der Waals surface area contributed by atoms with E-state index in [-0.39, 0.29) is 0 Å². The molecule has 0 saturated carbocycles. The maximum absolute atomic E-state index is 2.44. The minimum absolute atomic E-state index is 0.478. The molecular formula is C13H31N2+. The fourth-order valence-corrected chi connectivity index (χ4v) is 2.16. The first-order chi connectivity index (χ1) is 7.01. The van der Waals surface area contributed by atoms with Gasteiger partial charge in [-0.1, -0.05) is 20.8 Å². The van der Waals surface area contributed by atoms with E-state index in [1.807, 2.05) is 0 Å². The van der Waals surface area contributed by atoms with E-state index in [2.05, 4.69) is 46.6 Å². The normalized spacial score (nSPS) is 16.0. The average molecular weight is 215 g/mol. The molecule has 1 unspecified atom stereocenters. The lowest BCUT2D eigenvalue weighted by atomic mass is 9.86. The van der Waals surface area contributed by atoms with Crippen molar-refractivity contribution in [2.45, 2.75) is 41.0 Å². The molecule has 0 aromatic rings. The van der Waals surface area contributed by atoms with Gasteiger partial charge in [0, 0.05) is 12.0 Å². The molecule has 0 radical (unpaired) electrons. The van der Waals surface area contributed by atoms with Crippen LogP contribution in [0.15, 0.2) is 0 Å². The third kappa shape index (κ3) is 5.53. The van der Waals surface area contributed by atoms with Gasteiger partial charge in [0.05, 0.1) is 19.6 Å². The highest BCUT2D eigenvalue weighted by Gasteiger charge is 2.28. The Hall–Kier alpha value is -0.0800. The lowest BCUT2D eigenvalue weighted by molar-refractivity contribution is -0.903. The van der Waals surface area contributed by atoms with Crippen LogP contribution >= 0.6 is 0 Å². The zero-order valence-electron chi connectivity index (χ0n) is 11.7. The highest BCUT2D eigenvalue weighted by atomic mass is 15.1. The van der Waals surface area contributed by atoms with Gasteiger partial charge in [-0.2, -0.15) is 0 Å². The Bertz CT molecular complexity index is 155. The summed E-state index contributed by atoms with van der Waals surface area (Å²) < 4.78 is 0. The Morgan fingerprint density at radius 2 is 1.60 bits per heavy atom. The number of nitrogens with one attached hydrogen (secondary N) is 1. The summed E-state index contributed by atoms with van der Waals surface area (Å²) in [4.78, 5) is 4.16. The molecule has 0 aliphatic heterocycles. The smallest absolute Gasteiger partial charge is 0.0837 e. The summed E-state index contributed by atoms with van der Waals surface area (Å²) in [5.41, 5.74) is 0.478. The maximum atomic E-state index is 2.44. The van der Waals surface area contributed by atoms with E-state index < -0.39 is 0 Å². The molecular weight excluding hydrogens is 184 g/mol. The molecule has 0 aromatic heterocycles. The van der Waals surface area contributed by atoms with Crippen molar-refractivity contribution < 1.29 is 4.90 Å². The molecule has 0 rings (SSSR count). The van der Waals surface area contributed by atoms with Crippen molar-refractivity contribution >= 4 is 0 Å². The summed E-state index contributed by atoms with van der Waals surface area (Å²) >= 11 is 0. The van der Waals surface area contributed by atoms with Crippen molar-refractivity contribution in [2.75, 3.05) is 39.8 Å². The fraction of sp³-hybridized carbons (Fsp3) is 1.00. The van der Waals surface area contributed by atoms with Gasteiger partial charge in [0.25, 0.3) is 0 Å². The molecule has 0 spiro atoms. The van der Waals surface area contributed by atoms with Crippen molar-refractivity contribution in [2.24, 2.45) is 5.41 Å². The lowest BCUT2D eigenvalue weighted by Gasteiger charge is -2.34. The molecule has 0 saturated heterocycles. The molecule has 1 N–H and O–H groups in total. The van der Waals surface area contributed by atoms with Crippen LogP contribution in [0.1, 0.15) is 41.0 Å². The van der Waals surface area contributed by atoms with Crippen molar-refractivity contribution in [3.05, 3.63) is 0 Å². The summed E-state index contributed by atoms with van der Waals surface area (Å²) in [7, 11) is 2.23. The van der Waals surface area contributed by atoms with E-state index in [0.29, 0.717) is 5.41 Å². The summed E-state index contributed by atoms with van der Waals surface area (Å²) in [6.45, 7) is 17.8. The second-order valence-electron chi connectivity index (χ2n) is 5.13. The van der Waals surface area contributed by atoms with Gasteiger partial charge in [-0.25, -0.2) is 0 Å². The molecule has 0 fully saturated rings. The SMILES string of the molecule is CCN(C)CC(C)(CC)C[NH+](CC)CC. The summed E-state index contributed by atoms with van der Waals surface area (Å²) in [6, 6.07) is 0. The molecule has 0 heterocycles. The number of nitrogens with zero attached hydrogens (tertiary/aromatic N) is 1. The van der Waals surface area contributed by atoms with Gasteiger partial charge in [-0.15, -0.1) is 0 Å². The monoisotopic (exact) mass is 215 g/mol. The first-order valence-corrected chi connectivity index (χ1v) is 6.53. The number of quaternary nitrogens is 1. The van der Waals surface area contributed by atoms with E-state index in [4.69, 9.17) is 0 Å². The predicted octanol–water partition coefficient (Wildman–Crippen LogP) is 1.28. The minimum Gasteiger partial charge on any atom is -0.335 e. The van der Waals surface area contributed by atoms with Crippen LogP contribution in [0.25, 0.3) is 0 Å². The second-order valence-corrected chi connectivity index (χ2v) is 5.13. The molecule has 0 aromatic carbocycles. The third-order valence-electron chi connectivity index (χ3n) is 3.72. The van der Waals surface area contributed by atoms with Crippen LogP contribution in [0, 0.1) is 5.41 Å². The quantitative estimate of drug-likeness (QED) is 0.641. The zero-order chi connectivity index (χ0) is 11.9. The molecule has 0 amide bonds. The molecule has 2 heteroatoms. The van der Waals surface area contributed by atoms with Crippen molar-refractivity contribution in [1.29, 1.82) is 0 Å². The van der Waals surface area contributed by atoms with Gasteiger partial charge in [0.15, 0.2) is 0 Å². The third-order valence-corrected chi connectivity index (χ3v) is 3.72. The van der Waals surface area contributed by atoms with Crippen LogP contribution in [0.3, 0.4) is 0 Å². The summed E-state index contributed by atoms with van der Waals surface area (Å²) in [6.07, 6.45) is 1.28. The molecule has 2 nitrogen and oxygen atoms in total. The van der Waals surface area contributed by atoms with Gasteiger partial charge in [-0.05, 0) is 33.9 Å². The number of hydrogen-bond donors (Lipinski definition) is 1. The van der Waals surface area contributed by atoms with E-state index >= 15 is 0 Å². The minimum atomic E-state index is 0.478. The molecule has 0 aliphatic rings. The van der Waals surface area contributed by atoms with Crippen molar-refractivity contribution in [3.63, 3.8) is 0 Å². The van der Waals surface area contributed by atoms with Gasteiger partial charge < -0.3 is 9.80 Å². The second kappa shape index (κ2) is 7.24. The molecule has 92 valence electrons. The standard InChI is InChI=1S/C13H30N2/c1-7-13(5,11-14(6)8-2)12-15(9-3)10-4/h7-12H2,1-6H3/p+1. The number of hydrogen-bond acceptors (Lipinski definition) is 1. The van der Waals surface area contributed by atoms with Crippen LogP contribution in [-0.4, -0.2) is 44.7 Å². The Kier molecular flexibility index (Phi) is 7.20. The van der Waals surface area contributed by atoms with Gasteiger partial charge >= 0.3 is 0 Å². The molecule has 15 heavy (non-hydrogen) atoms. The Morgan fingerprint density at radius 3 is 1.93 bits per heavy atom. The number of rotatable bonds is 8. The predicted molar refractivity (Wildman–Crippen MR) is 68.5 cm³/mol. The van der Waals surface area contributed by atoms with E-state index in [0.717, 1.165) is 6.54 Å². The van der Waals surface area contributed by atoms with Gasteiger partial charge in [0.2, 0.25) is 0 Å². The largest absolute Gasteiger partial charge is 0.335 e. The summed E-state index contributed by atoms with van der Waals surface area (Å²) in [5, 5.41) is 0. The van der Waals surface area contributed by atoms with Crippen LogP contribution in [0.4, 0.5) is 0 Å². The first-order valence-electron chi connectivity index (χ1n) is 6.53. The first kappa shape index (κ1) is 14.9.